The van der Waals surface area contributed by atoms with E-state index in [1.165, 1.54) is 24.3 Å². The number of ketones is 2. The Labute approximate surface area is 205 Å². The minimum atomic E-state index is -1.03. The number of rotatable bonds is 8. The van der Waals surface area contributed by atoms with Crippen LogP contribution < -0.4 is 4.74 Å². The molecule has 0 atom stereocenters. The summed E-state index contributed by atoms with van der Waals surface area (Å²) in [6.07, 6.45) is 2.53. The average Bonchev–Trinajstić information content (AvgIpc) is 3.65. The number of fused-ring (bicyclic) bond motifs is 1. The Morgan fingerprint density at radius 1 is 0.857 bits per heavy atom. The van der Waals surface area contributed by atoms with Crippen LogP contribution in [0.15, 0.2) is 72.9 Å². The van der Waals surface area contributed by atoms with E-state index in [2.05, 4.69) is 4.98 Å². The van der Waals surface area contributed by atoms with Crippen molar-refractivity contribution in [2.24, 2.45) is 5.41 Å². The zero-order chi connectivity index (χ0) is 24.6. The van der Waals surface area contributed by atoms with Gasteiger partial charge in [0, 0.05) is 29.4 Å². The third kappa shape index (κ3) is 4.80. The summed E-state index contributed by atoms with van der Waals surface area (Å²) in [5, 5.41) is 1.22. The highest BCUT2D eigenvalue weighted by Gasteiger charge is 2.54. The van der Waals surface area contributed by atoms with Crippen LogP contribution in [-0.4, -0.2) is 16.6 Å². The van der Waals surface area contributed by atoms with Gasteiger partial charge in [0.2, 0.25) is 0 Å². The van der Waals surface area contributed by atoms with Gasteiger partial charge in [-0.2, -0.15) is 0 Å². The average molecular weight is 492 g/mol. The molecular formula is C28H20ClF2NO3. The highest BCUT2D eigenvalue weighted by molar-refractivity contribution is 6.31. The van der Waals surface area contributed by atoms with Crippen LogP contribution in [-0.2, 0) is 22.4 Å². The molecule has 0 N–H and O–H groups in total. The Hall–Kier alpha value is -3.64. The minimum Gasteiger partial charge on any atom is -0.454 e. The third-order valence-corrected chi connectivity index (χ3v) is 6.58. The Morgan fingerprint density at radius 3 is 2.23 bits per heavy atom. The predicted octanol–water partition coefficient (Wildman–Crippen LogP) is 6.66. The number of aromatic nitrogens is 1. The molecule has 1 aromatic heterocycles. The van der Waals surface area contributed by atoms with E-state index in [4.69, 9.17) is 16.3 Å². The van der Waals surface area contributed by atoms with E-state index in [1.807, 2.05) is 0 Å². The van der Waals surface area contributed by atoms with Gasteiger partial charge in [0.15, 0.2) is 23.1 Å². The maximum absolute atomic E-state index is 14.9. The first-order valence-corrected chi connectivity index (χ1v) is 11.5. The summed E-state index contributed by atoms with van der Waals surface area (Å²) in [6, 6.07) is 16.8. The number of pyridine rings is 1. The molecule has 4 aromatic rings. The molecule has 5 rings (SSSR count). The summed E-state index contributed by atoms with van der Waals surface area (Å²) in [5.74, 6) is -0.963. The van der Waals surface area contributed by atoms with Crippen LogP contribution in [0, 0.1) is 17.0 Å². The van der Waals surface area contributed by atoms with Gasteiger partial charge in [-0.15, -0.1) is 0 Å². The lowest BCUT2D eigenvalue weighted by Gasteiger charge is -2.14. The number of ether oxygens (including phenoxy) is 1. The van der Waals surface area contributed by atoms with Crippen molar-refractivity contribution >= 4 is 34.1 Å². The summed E-state index contributed by atoms with van der Waals surface area (Å²) < 4.78 is 33.8. The Morgan fingerprint density at radius 2 is 1.54 bits per heavy atom. The maximum Gasteiger partial charge on any atom is 0.166 e. The molecule has 1 aliphatic carbocycles. The highest BCUT2D eigenvalue weighted by Crippen LogP contribution is 2.49. The molecule has 176 valence electrons. The van der Waals surface area contributed by atoms with E-state index in [0.29, 0.717) is 45.6 Å². The monoisotopic (exact) mass is 491 g/mol. The molecule has 0 aliphatic heterocycles. The zero-order valence-electron chi connectivity index (χ0n) is 18.6. The molecule has 0 saturated heterocycles. The number of Topliss-reactive ketones (excluding diaryl/α,β-unsaturated/α-hetero) is 2. The van der Waals surface area contributed by atoms with Crippen LogP contribution in [0.25, 0.3) is 10.9 Å². The Bertz CT molecular complexity index is 1450. The number of carbonyl (C=O) groups excluding carboxylic acids is 2. The molecule has 0 amide bonds. The van der Waals surface area contributed by atoms with Crippen LogP contribution in [0.4, 0.5) is 8.78 Å². The first-order valence-electron chi connectivity index (χ1n) is 11.2. The van der Waals surface area contributed by atoms with Gasteiger partial charge in [-0.3, -0.25) is 14.6 Å². The van der Waals surface area contributed by atoms with Crippen molar-refractivity contribution in [3.63, 3.8) is 0 Å². The van der Waals surface area contributed by atoms with Crippen LogP contribution in [0.2, 0.25) is 5.02 Å². The molecule has 35 heavy (non-hydrogen) atoms. The fourth-order valence-electron chi connectivity index (χ4n) is 4.19. The first-order chi connectivity index (χ1) is 16.8. The quantitative estimate of drug-likeness (QED) is 0.258. The number of hydrogen-bond donors (Lipinski definition) is 0. The standard InChI is InChI=1S/C28H20ClF2NO3/c29-19-4-7-21-23(16-19)32-12-9-24(21)35-25-8-3-18(13-22(25)31)15-27(34)28(10-11-28)26(33)14-17-1-5-20(30)6-2-17/h1-9,12-13,16H,10-11,14-15H2. The van der Waals surface area contributed by atoms with Gasteiger partial charge in [-0.05, 0) is 72.5 Å². The van der Waals surface area contributed by atoms with Crippen LogP contribution >= 0.6 is 11.6 Å². The second-order valence-corrected chi connectivity index (χ2v) is 9.18. The third-order valence-electron chi connectivity index (χ3n) is 6.34. The molecule has 0 unspecified atom stereocenters. The number of benzene rings is 3. The molecule has 1 heterocycles. The van der Waals surface area contributed by atoms with E-state index < -0.39 is 11.2 Å². The van der Waals surface area contributed by atoms with Crippen molar-refractivity contribution in [1.82, 2.24) is 4.98 Å². The van der Waals surface area contributed by atoms with Crippen molar-refractivity contribution in [3.05, 3.63) is 101 Å². The van der Waals surface area contributed by atoms with Crippen LogP contribution in [0.5, 0.6) is 11.5 Å². The Balaban J connectivity index is 1.29. The molecule has 1 fully saturated rings. The SMILES string of the molecule is O=C(Cc1ccc(F)cc1)C1(C(=O)Cc2ccc(Oc3ccnc4cc(Cl)ccc34)c(F)c2)CC1. The summed E-state index contributed by atoms with van der Waals surface area (Å²) in [6.45, 7) is 0. The minimum absolute atomic E-state index is 0.0113. The normalized spacial score (nSPS) is 14.0. The second kappa shape index (κ2) is 9.19. The summed E-state index contributed by atoms with van der Waals surface area (Å²) in [4.78, 5) is 30.1. The van der Waals surface area contributed by atoms with Crippen LogP contribution in [0.3, 0.4) is 0 Å². The largest absolute Gasteiger partial charge is 0.454 e. The first kappa shape index (κ1) is 23.1. The second-order valence-electron chi connectivity index (χ2n) is 8.75. The fraction of sp³-hybridized carbons (Fsp3) is 0.179. The Kier molecular flexibility index (Phi) is 6.07. The zero-order valence-corrected chi connectivity index (χ0v) is 19.3. The van der Waals surface area contributed by atoms with Crippen molar-refractivity contribution < 1.29 is 23.1 Å². The van der Waals surface area contributed by atoms with E-state index in [-0.39, 0.29) is 36.0 Å². The molecule has 4 nitrogen and oxygen atoms in total. The molecule has 1 aliphatic rings. The van der Waals surface area contributed by atoms with E-state index in [1.54, 1.807) is 48.7 Å². The molecule has 0 spiro atoms. The molecule has 7 heteroatoms. The maximum atomic E-state index is 14.9. The van der Waals surface area contributed by atoms with E-state index >= 15 is 0 Å². The summed E-state index contributed by atoms with van der Waals surface area (Å²) in [7, 11) is 0. The van der Waals surface area contributed by atoms with Gasteiger partial charge in [-0.25, -0.2) is 8.78 Å². The summed E-state index contributed by atoms with van der Waals surface area (Å²) >= 11 is 6.01. The molecular weight excluding hydrogens is 472 g/mol. The molecule has 0 radical (unpaired) electrons. The molecule has 1 saturated carbocycles. The lowest BCUT2D eigenvalue weighted by atomic mass is 9.88. The molecule has 0 bridgehead atoms. The van der Waals surface area contributed by atoms with Crippen molar-refractivity contribution in [2.75, 3.05) is 0 Å². The van der Waals surface area contributed by atoms with Gasteiger partial charge in [-0.1, -0.05) is 29.8 Å². The van der Waals surface area contributed by atoms with Crippen LogP contribution in [0.1, 0.15) is 24.0 Å². The predicted molar refractivity (Wildman–Crippen MR) is 129 cm³/mol. The lowest BCUT2D eigenvalue weighted by molar-refractivity contribution is -0.133. The van der Waals surface area contributed by atoms with Crippen molar-refractivity contribution in [3.8, 4) is 11.5 Å². The van der Waals surface area contributed by atoms with E-state index in [9.17, 15) is 18.4 Å². The number of carbonyl (C=O) groups is 2. The lowest BCUT2D eigenvalue weighted by Crippen LogP contribution is -2.28. The number of nitrogens with zero attached hydrogens (tertiary/aromatic N) is 1. The van der Waals surface area contributed by atoms with Gasteiger partial charge >= 0.3 is 0 Å². The van der Waals surface area contributed by atoms with Gasteiger partial charge < -0.3 is 4.74 Å². The van der Waals surface area contributed by atoms with Crippen molar-refractivity contribution in [1.29, 1.82) is 0 Å². The van der Waals surface area contributed by atoms with E-state index in [0.717, 1.165) is 0 Å². The highest BCUT2D eigenvalue weighted by atomic mass is 35.5. The number of hydrogen-bond acceptors (Lipinski definition) is 4. The summed E-state index contributed by atoms with van der Waals surface area (Å²) in [5.41, 5.74) is 0.718. The number of halogens is 3. The smallest absolute Gasteiger partial charge is 0.166 e. The van der Waals surface area contributed by atoms with Gasteiger partial charge in [0.25, 0.3) is 0 Å². The van der Waals surface area contributed by atoms with Crippen molar-refractivity contribution in [2.45, 2.75) is 25.7 Å². The molecule has 3 aromatic carbocycles. The van der Waals surface area contributed by atoms with Gasteiger partial charge in [0.1, 0.15) is 11.6 Å². The van der Waals surface area contributed by atoms with Gasteiger partial charge in [0.05, 0.1) is 10.9 Å². The topological polar surface area (TPSA) is 56.3 Å². The fourth-order valence-corrected chi connectivity index (χ4v) is 4.36.